The van der Waals surface area contributed by atoms with E-state index in [-0.39, 0.29) is 0 Å². The normalized spacial score (nSPS) is 18.6. The summed E-state index contributed by atoms with van der Waals surface area (Å²) in [7, 11) is 0. The van der Waals surface area contributed by atoms with Gasteiger partial charge in [-0.3, -0.25) is 0 Å². The van der Waals surface area contributed by atoms with Crippen molar-refractivity contribution in [1.29, 1.82) is 0 Å². The Bertz CT molecular complexity index is 1240. The quantitative estimate of drug-likeness (QED) is 0.296. The molecule has 4 aromatic rings. The summed E-state index contributed by atoms with van der Waals surface area (Å²) in [6, 6.07) is 38.2. The average Bonchev–Trinajstić information content (AvgIpc) is 3.45. The Labute approximate surface area is 197 Å². The van der Waals surface area contributed by atoms with E-state index in [0.29, 0.717) is 12.0 Å². The molecule has 2 atom stereocenters. The molecule has 0 aromatic heterocycles. The first-order chi connectivity index (χ1) is 16.3. The molecule has 1 nitrogen and oxygen atoms in total. The number of benzene rings is 4. The molecule has 0 N–H and O–H groups in total. The van der Waals surface area contributed by atoms with Gasteiger partial charge >= 0.3 is 0 Å². The van der Waals surface area contributed by atoms with Crippen LogP contribution in [0.15, 0.2) is 103 Å². The highest BCUT2D eigenvalue weighted by Gasteiger charge is 2.42. The van der Waals surface area contributed by atoms with Crippen molar-refractivity contribution in [3.63, 3.8) is 0 Å². The zero-order chi connectivity index (χ0) is 22.2. The van der Waals surface area contributed by atoms with Crippen LogP contribution in [0, 0.1) is 6.92 Å². The van der Waals surface area contributed by atoms with Crippen LogP contribution in [0.4, 0.5) is 11.4 Å². The van der Waals surface area contributed by atoms with Crippen molar-refractivity contribution in [3.05, 3.63) is 131 Å². The van der Waals surface area contributed by atoms with E-state index in [0.717, 1.165) is 0 Å². The van der Waals surface area contributed by atoms with Crippen molar-refractivity contribution < 1.29 is 0 Å². The lowest BCUT2D eigenvalue weighted by Gasteiger charge is -2.27. The molecule has 0 saturated heterocycles. The van der Waals surface area contributed by atoms with Crippen LogP contribution in [0.3, 0.4) is 0 Å². The van der Waals surface area contributed by atoms with E-state index in [2.05, 4.69) is 121 Å². The van der Waals surface area contributed by atoms with Gasteiger partial charge in [-0.15, -0.1) is 0 Å². The lowest BCUT2D eigenvalue weighted by molar-refractivity contribution is 0.642. The average molecular weight is 428 g/mol. The zero-order valence-electron chi connectivity index (χ0n) is 19.1. The van der Waals surface area contributed by atoms with E-state index >= 15 is 0 Å². The van der Waals surface area contributed by atoms with Crippen LogP contribution in [-0.2, 0) is 0 Å². The van der Waals surface area contributed by atoms with Crippen molar-refractivity contribution in [3.8, 4) is 0 Å². The maximum atomic E-state index is 2.61. The van der Waals surface area contributed by atoms with Crippen molar-refractivity contribution in [2.45, 2.75) is 38.1 Å². The van der Waals surface area contributed by atoms with Crippen LogP contribution >= 0.6 is 0 Å². The maximum absolute atomic E-state index is 2.61. The van der Waals surface area contributed by atoms with Crippen LogP contribution in [-0.4, -0.2) is 6.04 Å². The minimum Gasteiger partial charge on any atom is -0.338 e. The number of rotatable bonds is 4. The second kappa shape index (κ2) is 8.41. The Balaban J connectivity index is 1.45. The summed E-state index contributed by atoms with van der Waals surface area (Å²) in [6.07, 6.45) is 6.25. The Morgan fingerprint density at radius 3 is 2.09 bits per heavy atom. The first kappa shape index (κ1) is 20.1. The molecule has 0 amide bonds. The standard InChI is InChI=1S/C32H29N/c1-23-15-18-27(19-16-23)33-31-14-8-13-28(31)30-22-24(17-20-32(30)33)21-29(25-9-4-2-5-10-25)26-11-6-3-7-12-26/h2-7,9-12,15-22,28,31H,8,13-14H2,1H3/t28-,31-/m1/s1. The van der Waals surface area contributed by atoms with E-state index in [1.54, 1.807) is 0 Å². The number of nitrogens with zero attached hydrogens (tertiary/aromatic N) is 1. The Kier molecular flexibility index (Phi) is 5.11. The van der Waals surface area contributed by atoms with Crippen molar-refractivity contribution >= 4 is 23.0 Å². The third-order valence-corrected chi connectivity index (χ3v) is 7.31. The van der Waals surface area contributed by atoms with Crippen LogP contribution in [0.2, 0.25) is 0 Å². The van der Waals surface area contributed by atoms with Gasteiger partial charge in [0.2, 0.25) is 0 Å². The van der Waals surface area contributed by atoms with Gasteiger partial charge in [0.1, 0.15) is 0 Å². The molecule has 2 aliphatic rings. The molecule has 1 saturated carbocycles. The third-order valence-electron chi connectivity index (χ3n) is 7.31. The minimum atomic E-state index is 0.588. The fourth-order valence-corrected chi connectivity index (χ4v) is 5.74. The van der Waals surface area contributed by atoms with Crippen molar-refractivity contribution in [2.24, 2.45) is 0 Å². The van der Waals surface area contributed by atoms with Crippen LogP contribution in [0.1, 0.15) is 53.0 Å². The molecule has 1 fully saturated rings. The lowest BCUT2D eigenvalue weighted by atomic mass is 9.93. The summed E-state index contributed by atoms with van der Waals surface area (Å²) < 4.78 is 0. The summed E-state index contributed by atoms with van der Waals surface area (Å²) in [5.74, 6) is 0.631. The minimum absolute atomic E-state index is 0.588. The molecule has 0 unspecified atom stereocenters. The lowest BCUT2D eigenvalue weighted by Crippen LogP contribution is -2.26. The first-order valence-electron chi connectivity index (χ1n) is 12.1. The first-order valence-corrected chi connectivity index (χ1v) is 12.1. The van der Waals surface area contributed by atoms with Gasteiger partial charge in [0.15, 0.2) is 0 Å². The summed E-state index contributed by atoms with van der Waals surface area (Å²) >= 11 is 0. The topological polar surface area (TPSA) is 3.24 Å². The zero-order valence-corrected chi connectivity index (χ0v) is 19.1. The number of hydrogen-bond acceptors (Lipinski definition) is 1. The Morgan fingerprint density at radius 1 is 0.758 bits per heavy atom. The van der Waals surface area contributed by atoms with Gasteiger partial charge in [0.05, 0.1) is 0 Å². The van der Waals surface area contributed by atoms with Gasteiger partial charge in [-0.05, 0) is 77.9 Å². The molecule has 1 aliphatic carbocycles. The van der Waals surface area contributed by atoms with Gasteiger partial charge < -0.3 is 4.90 Å². The van der Waals surface area contributed by atoms with Crippen molar-refractivity contribution in [2.75, 3.05) is 4.90 Å². The van der Waals surface area contributed by atoms with E-state index in [1.165, 1.54) is 64.0 Å². The predicted octanol–water partition coefficient (Wildman–Crippen LogP) is 8.37. The van der Waals surface area contributed by atoms with E-state index in [1.807, 2.05) is 0 Å². The molecular weight excluding hydrogens is 398 g/mol. The molecule has 0 spiro atoms. The van der Waals surface area contributed by atoms with E-state index < -0.39 is 0 Å². The molecule has 4 aromatic carbocycles. The molecule has 33 heavy (non-hydrogen) atoms. The summed E-state index contributed by atoms with van der Waals surface area (Å²) in [5, 5.41) is 0. The molecule has 0 radical (unpaired) electrons. The molecule has 1 aliphatic heterocycles. The smallest absolute Gasteiger partial charge is 0.0450 e. The molecule has 0 bridgehead atoms. The fourth-order valence-electron chi connectivity index (χ4n) is 5.74. The third kappa shape index (κ3) is 3.68. The number of anilines is 2. The van der Waals surface area contributed by atoms with Crippen LogP contribution in [0.25, 0.3) is 11.6 Å². The van der Waals surface area contributed by atoms with Gasteiger partial charge in [0, 0.05) is 23.3 Å². The Morgan fingerprint density at radius 2 is 1.42 bits per heavy atom. The second-order valence-corrected chi connectivity index (χ2v) is 9.42. The van der Waals surface area contributed by atoms with Crippen LogP contribution in [0.5, 0.6) is 0 Å². The van der Waals surface area contributed by atoms with Crippen molar-refractivity contribution in [1.82, 2.24) is 0 Å². The molecule has 162 valence electrons. The predicted molar refractivity (Wildman–Crippen MR) is 140 cm³/mol. The monoisotopic (exact) mass is 427 g/mol. The molecule has 6 rings (SSSR count). The number of aryl methyl sites for hydroxylation is 1. The maximum Gasteiger partial charge on any atom is 0.0450 e. The fraction of sp³-hybridized carbons (Fsp3) is 0.188. The van der Waals surface area contributed by atoms with Gasteiger partial charge in [-0.2, -0.15) is 0 Å². The van der Waals surface area contributed by atoms with Gasteiger partial charge in [0.25, 0.3) is 0 Å². The van der Waals surface area contributed by atoms with Crippen LogP contribution < -0.4 is 4.90 Å². The Hall–Kier alpha value is -3.58. The van der Waals surface area contributed by atoms with E-state index in [4.69, 9.17) is 0 Å². The molecular formula is C32H29N. The largest absolute Gasteiger partial charge is 0.338 e. The van der Waals surface area contributed by atoms with Gasteiger partial charge in [-0.1, -0.05) is 90.8 Å². The highest BCUT2D eigenvalue weighted by molar-refractivity contribution is 5.92. The highest BCUT2D eigenvalue weighted by atomic mass is 15.2. The number of hydrogen-bond donors (Lipinski definition) is 0. The number of fused-ring (bicyclic) bond motifs is 3. The summed E-state index contributed by atoms with van der Waals surface area (Å²) in [5.41, 5.74) is 10.6. The summed E-state index contributed by atoms with van der Waals surface area (Å²) in [4.78, 5) is 2.61. The van der Waals surface area contributed by atoms with E-state index in [9.17, 15) is 0 Å². The van der Waals surface area contributed by atoms with Gasteiger partial charge in [-0.25, -0.2) is 0 Å². The molecule has 1 heteroatoms. The molecule has 1 heterocycles. The second-order valence-electron chi connectivity index (χ2n) is 9.42. The highest BCUT2D eigenvalue weighted by Crippen LogP contribution is 2.52. The SMILES string of the molecule is Cc1ccc(N2c3ccc(C=C(c4ccccc4)c4ccccc4)cc3[C@H]3CCC[C@H]32)cc1. The summed E-state index contributed by atoms with van der Waals surface area (Å²) in [6.45, 7) is 2.16.